The summed E-state index contributed by atoms with van der Waals surface area (Å²) in [5.74, 6) is -0.120. The zero-order chi connectivity index (χ0) is 21.0. The van der Waals surface area contributed by atoms with Crippen LogP contribution in [0.4, 0.5) is 11.4 Å². The van der Waals surface area contributed by atoms with Crippen LogP contribution in [0.25, 0.3) is 11.4 Å². The van der Waals surface area contributed by atoms with Crippen LogP contribution in [-0.2, 0) is 22.6 Å². The lowest BCUT2D eigenvalue weighted by Crippen LogP contribution is -2.21. The fraction of sp³-hybridized carbons (Fsp3) is 0.250. The number of amides is 2. The first kappa shape index (κ1) is 20.5. The number of rotatable bonds is 6. The van der Waals surface area contributed by atoms with Gasteiger partial charge in [-0.15, -0.1) is 10.2 Å². The molecule has 2 amide bonds. The van der Waals surface area contributed by atoms with Crippen molar-refractivity contribution < 1.29 is 9.59 Å². The molecule has 9 heteroatoms. The van der Waals surface area contributed by atoms with Gasteiger partial charge in [0.15, 0.2) is 0 Å². The van der Waals surface area contributed by atoms with E-state index >= 15 is 0 Å². The number of nitrogens with zero attached hydrogens (tertiary/aromatic N) is 4. The van der Waals surface area contributed by atoms with E-state index in [4.69, 9.17) is 11.6 Å². The van der Waals surface area contributed by atoms with Crippen LogP contribution in [0.2, 0.25) is 5.02 Å². The average molecular weight is 413 g/mol. The third-order valence-corrected chi connectivity index (χ3v) is 4.59. The molecule has 0 aliphatic rings. The van der Waals surface area contributed by atoms with Crippen molar-refractivity contribution in [3.8, 4) is 11.4 Å². The van der Waals surface area contributed by atoms with E-state index in [1.807, 2.05) is 32.0 Å². The third-order valence-electron chi connectivity index (χ3n) is 4.28. The highest BCUT2D eigenvalue weighted by molar-refractivity contribution is 6.34. The van der Waals surface area contributed by atoms with Crippen molar-refractivity contribution in [3.63, 3.8) is 0 Å². The molecule has 0 aliphatic heterocycles. The molecule has 8 nitrogen and oxygen atoms in total. The molecule has 0 spiro atoms. The smallest absolute Gasteiger partial charge is 0.248 e. The highest BCUT2D eigenvalue weighted by Crippen LogP contribution is 2.27. The summed E-state index contributed by atoms with van der Waals surface area (Å²) in [6.07, 6.45) is 0.818. The van der Waals surface area contributed by atoms with Crippen LogP contribution in [-0.4, -0.2) is 32.0 Å². The Morgan fingerprint density at radius 3 is 2.66 bits per heavy atom. The van der Waals surface area contributed by atoms with Crippen LogP contribution in [0.15, 0.2) is 36.4 Å². The second kappa shape index (κ2) is 8.83. The molecule has 0 bridgehead atoms. The molecule has 3 rings (SSSR count). The van der Waals surface area contributed by atoms with Crippen molar-refractivity contribution in [1.29, 1.82) is 0 Å². The molecule has 1 aromatic heterocycles. The molecule has 29 heavy (non-hydrogen) atoms. The van der Waals surface area contributed by atoms with Crippen molar-refractivity contribution in [3.05, 3.63) is 52.5 Å². The maximum Gasteiger partial charge on any atom is 0.248 e. The van der Waals surface area contributed by atoms with Gasteiger partial charge < -0.3 is 10.6 Å². The van der Waals surface area contributed by atoms with Gasteiger partial charge in [-0.1, -0.05) is 36.7 Å². The van der Waals surface area contributed by atoms with Crippen molar-refractivity contribution in [2.75, 3.05) is 10.6 Å². The van der Waals surface area contributed by atoms with Crippen LogP contribution in [0.3, 0.4) is 0 Å². The first-order valence-corrected chi connectivity index (χ1v) is 9.48. The van der Waals surface area contributed by atoms with Gasteiger partial charge in [0.05, 0.1) is 10.7 Å². The Kier molecular flexibility index (Phi) is 6.23. The van der Waals surface area contributed by atoms with Gasteiger partial charge >= 0.3 is 0 Å². The Hall–Kier alpha value is -3.26. The number of aromatic nitrogens is 4. The zero-order valence-corrected chi connectivity index (χ0v) is 17.1. The average Bonchev–Trinajstić information content (AvgIpc) is 3.13. The molecule has 0 unspecified atom stereocenters. The number of tetrazole rings is 1. The molecule has 150 valence electrons. The summed E-state index contributed by atoms with van der Waals surface area (Å²) in [4.78, 5) is 24.8. The summed E-state index contributed by atoms with van der Waals surface area (Å²) in [7, 11) is 0. The Morgan fingerprint density at radius 2 is 1.97 bits per heavy atom. The normalized spacial score (nSPS) is 10.6. The summed E-state index contributed by atoms with van der Waals surface area (Å²) in [5.41, 5.74) is 4.02. The van der Waals surface area contributed by atoms with Gasteiger partial charge in [-0.2, -0.15) is 4.80 Å². The van der Waals surface area contributed by atoms with E-state index < -0.39 is 0 Å². The minimum atomic E-state index is -0.239. The van der Waals surface area contributed by atoms with Crippen molar-refractivity contribution >= 4 is 34.8 Å². The molecule has 0 fully saturated rings. The van der Waals surface area contributed by atoms with Crippen molar-refractivity contribution in [2.24, 2.45) is 0 Å². The van der Waals surface area contributed by atoms with E-state index in [0.29, 0.717) is 22.1 Å². The molecule has 1 heterocycles. The Morgan fingerprint density at radius 1 is 1.17 bits per heavy atom. The number of carbonyl (C=O) groups is 2. The lowest BCUT2D eigenvalue weighted by atomic mass is 10.1. The SMILES string of the molecule is CCc1cccc(C)c1NC(=O)Cn1nnc(-c2ccc(NC(C)=O)c(Cl)c2)n1. The maximum atomic E-state index is 12.4. The van der Waals surface area contributed by atoms with Gasteiger partial charge in [-0.3, -0.25) is 9.59 Å². The van der Waals surface area contributed by atoms with Gasteiger partial charge in [0.1, 0.15) is 6.54 Å². The number of halogens is 1. The molecule has 0 atom stereocenters. The van der Waals surface area contributed by atoms with Gasteiger partial charge in [-0.05, 0) is 47.9 Å². The second-order valence-electron chi connectivity index (χ2n) is 6.53. The number of hydrogen-bond donors (Lipinski definition) is 2. The first-order valence-electron chi connectivity index (χ1n) is 9.11. The van der Waals surface area contributed by atoms with Crippen molar-refractivity contribution in [1.82, 2.24) is 20.2 Å². The van der Waals surface area contributed by atoms with Crippen LogP contribution in [0.5, 0.6) is 0 Å². The molecular formula is C20H21ClN6O2. The minimum absolute atomic E-state index is 0.0673. The van der Waals surface area contributed by atoms with Crippen LogP contribution < -0.4 is 10.6 Å². The molecule has 0 aliphatic carbocycles. The fourth-order valence-electron chi connectivity index (χ4n) is 2.88. The molecular weight excluding hydrogens is 392 g/mol. The van der Waals surface area contributed by atoms with Gasteiger partial charge in [0.25, 0.3) is 0 Å². The molecule has 0 saturated heterocycles. The largest absolute Gasteiger partial charge is 0.325 e. The summed E-state index contributed by atoms with van der Waals surface area (Å²) in [6, 6.07) is 10.9. The molecule has 0 saturated carbocycles. The van der Waals surface area contributed by atoms with Gasteiger partial charge in [0, 0.05) is 18.2 Å². The number of para-hydroxylation sites is 1. The summed E-state index contributed by atoms with van der Waals surface area (Å²) in [5, 5.41) is 18.1. The molecule has 2 aromatic carbocycles. The summed E-state index contributed by atoms with van der Waals surface area (Å²) in [6.45, 7) is 5.33. The fourth-order valence-corrected chi connectivity index (χ4v) is 3.11. The van der Waals surface area contributed by atoms with E-state index in [9.17, 15) is 9.59 Å². The number of hydrogen-bond acceptors (Lipinski definition) is 5. The van der Waals surface area contributed by atoms with E-state index in [-0.39, 0.29) is 18.4 Å². The van der Waals surface area contributed by atoms with Gasteiger partial charge in [0.2, 0.25) is 17.6 Å². The lowest BCUT2D eigenvalue weighted by molar-refractivity contribution is -0.117. The topological polar surface area (TPSA) is 102 Å². The number of anilines is 2. The number of benzene rings is 2. The van der Waals surface area contributed by atoms with Gasteiger partial charge in [-0.25, -0.2) is 0 Å². The third kappa shape index (κ3) is 4.97. The molecule has 3 aromatic rings. The predicted octanol–water partition coefficient (Wildman–Crippen LogP) is 3.46. The van der Waals surface area contributed by atoms with Crippen LogP contribution in [0, 0.1) is 6.92 Å². The van der Waals surface area contributed by atoms with Crippen molar-refractivity contribution in [2.45, 2.75) is 33.7 Å². The lowest BCUT2D eigenvalue weighted by Gasteiger charge is -2.12. The maximum absolute atomic E-state index is 12.4. The first-order chi connectivity index (χ1) is 13.9. The highest BCUT2D eigenvalue weighted by Gasteiger charge is 2.13. The summed E-state index contributed by atoms with van der Waals surface area (Å²) >= 11 is 6.19. The monoisotopic (exact) mass is 412 g/mol. The van der Waals surface area contributed by atoms with E-state index in [1.54, 1.807) is 18.2 Å². The van der Waals surface area contributed by atoms with Crippen LogP contribution in [0.1, 0.15) is 25.0 Å². The van der Waals surface area contributed by atoms with Crippen LogP contribution >= 0.6 is 11.6 Å². The standard InChI is InChI=1S/C20H21ClN6O2/c1-4-14-7-5-6-12(2)19(14)23-18(29)11-27-25-20(24-26-27)15-8-9-17(16(21)10-15)22-13(3)28/h5-10H,4,11H2,1-3H3,(H,22,28)(H,23,29). The Labute approximate surface area is 173 Å². The Balaban J connectivity index is 1.71. The molecule has 0 radical (unpaired) electrons. The number of aryl methyl sites for hydroxylation is 2. The zero-order valence-electron chi connectivity index (χ0n) is 16.4. The van der Waals surface area contributed by atoms with E-state index in [0.717, 1.165) is 23.2 Å². The number of nitrogens with one attached hydrogen (secondary N) is 2. The van der Waals surface area contributed by atoms with E-state index in [1.165, 1.54) is 11.7 Å². The molecule has 2 N–H and O–H groups in total. The summed E-state index contributed by atoms with van der Waals surface area (Å²) < 4.78 is 0. The minimum Gasteiger partial charge on any atom is -0.325 e. The Bertz CT molecular complexity index is 1060. The predicted molar refractivity (Wildman–Crippen MR) is 112 cm³/mol. The highest BCUT2D eigenvalue weighted by atomic mass is 35.5. The van der Waals surface area contributed by atoms with E-state index in [2.05, 4.69) is 26.0 Å². The second-order valence-corrected chi connectivity index (χ2v) is 6.94. The number of carbonyl (C=O) groups excluding carboxylic acids is 2. The quantitative estimate of drug-likeness (QED) is 0.645.